The fourth-order valence-corrected chi connectivity index (χ4v) is 4.32. The number of alkyl carbamates (subject to hydrolysis) is 1. The van der Waals surface area contributed by atoms with Crippen molar-refractivity contribution >= 4 is 23.6 Å². The number of rotatable bonds is 7. The predicted octanol–water partition coefficient (Wildman–Crippen LogP) is 5.50. The van der Waals surface area contributed by atoms with Crippen LogP contribution in [0.2, 0.25) is 0 Å². The molecule has 0 heterocycles. The number of hydrogen-bond donors (Lipinski definition) is 2. The van der Waals surface area contributed by atoms with Crippen LogP contribution in [0.5, 0.6) is 0 Å². The number of carbonyl (C=O) groups excluding carboxylic acids is 3. The Morgan fingerprint density at radius 1 is 0.972 bits per heavy atom. The van der Waals surface area contributed by atoms with Crippen LogP contribution in [0, 0.1) is 27.7 Å². The van der Waals surface area contributed by atoms with E-state index in [1.54, 1.807) is 32.6 Å². The van der Waals surface area contributed by atoms with Crippen LogP contribution in [0.15, 0.2) is 36.4 Å². The molecular formula is C29H39N3O4. The first-order valence-corrected chi connectivity index (χ1v) is 12.5. The van der Waals surface area contributed by atoms with Crippen LogP contribution in [-0.4, -0.2) is 40.5 Å². The van der Waals surface area contributed by atoms with Gasteiger partial charge in [-0.15, -0.1) is 0 Å². The summed E-state index contributed by atoms with van der Waals surface area (Å²) in [7, 11) is 0. The molecule has 0 aliphatic heterocycles. The van der Waals surface area contributed by atoms with Gasteiger partial charge in [0.15, 0.2) is 0 Å². The van der Waals surface area contributed by atoms with Crippen molar-refractivity contribution in [2.45, 2.75) is 92.0 Å². The van der Waals surface area contributed by atoms with E-state index in [0.717, 1.165) is 46.3 Å². The molecule has 7 nitrogen and oxygen atoms in total. The molecule has 2 unspecified atom stereocenters. The molecule has 36 heavy (non-hydrogen) atoms. The molecule has 2 aromatic rings. The van der Waals surface area contributed by atoms with Crippen LogP contribution in [0.25, 0.3) is 0 Å². The first kappa shape index (κ1) is 27.2. The van der Waals surface area contributed by atoms with Crippen molar-refractivity contribution in [3.8, 4) is 0 Å². The number of anilines is 1. The average Bonchev–Trinajstić information content (AvgIpc) is 3.59. The third kappa shape index (κ3) is 6.65. The molecule has 2 aromatic carbocycles. The summed E-state index contributed by atoms with van der Waals surface area (Å²) in [5.41, 5.74) is 4.68. The summed E-state index contributed by atoms with van der Waals surface area (Å²) < 4.78 is 5.35. The Morgan fingerprint density at radius 2 is 1.58 bits per heavy atom. The summed E-state index contributed by atoms with van der Waals surface area (Å²) in [6, 6.07) is 10.0. The van der Waals surface area contributed by atoms with Gasteiger partial charge in [-0.2, -0.15) is 0 Å². The van der Waals surface area contributed by atoms with Gasteiger partial charge in [0.25, 0.3) is 5.91 Å². The Hall–Kier alpha value is -3.35. The first-order valence-electron chi connectivity index (χ1n) is 12.5. The Bertz CT molecular complexity index is 1130. The highest BCUT2D eigenvalue weighted by Crippen LogP contribution is 2.37. The van der Waals surface area contributed by atoms with Crippen molar-refractivity contribution in [1.29, 1.82) is 0 Å². The topological polar surface area (TPSA) is 87.7 Å². The zero-order valence-corrected chi connectivity index (χ0v) is 22.7. The number of nitrogens with zero attached hydrogens (tertiary/aromatic N) is 1. The molecule has 0 radical (unpaired) electrons. The molecule has 3 amide bonds. The zero-order chi connectivity index (χ0) is 26.8. The van der Waals surface area contributed by atoms with Gasteiger partial charge in [0, 0.05) is 11.7 Å². The molecule has 2 atom stereocenters. The normalized spacial score (nSPS) is 15.0. The number of ether oxygens (including phenoxy) is 1. The molecule has 0 spiro atoms. The minimum Gasteiger partial charge on any atom is -0.444 e. The largest absolute Gasteiger partial charge is 0.444 e. The van der Waals surface area contributed by atoms with Crippen molar-refractivity contribution in [2.24, 2.45) is 0 Å². The van der Waals surface area contributed by atoms with E-state index >= 15 is 0 Å². The molecule has 1 aliphatic carbocycles. The number of hydrogen-bond acceptors (Lipinski definition) is 4. The maximum atomic E-state index is 14.0. The molecule has 1 saturated carbocycles. The van der Waals surface area contributed by atoms with E-state index in [1.165, 1.54) is 0 Å². The summed E-state index contributed by atoms with van der Waals surface area (Å²) >= 11 is 0. The second-order valence-corrected chi connectivity index (χ2v) is 10.9. The fourth-order valence-electron chi connectivity index (χ4n) is 4.32. The summed E-state index contributed by atoms with van der Waals surface area (Å²) in [5.74, 6) is -0.586. The highest BCUT2D eigenvalue weighted by Gasteiger charge is 2.43. The van der Waals surface area contributed by atoms with Crippen LogP contribution >= 0.6 is 0 Å². The van der Waals surface area contributed by atoms with E-state index in [2.05, 4.69) is 10.6 Å². The predicted molar refractivity (Wildman–Crippen MR) is 142 cm³/mol. The van der Waals surface area contributed by atoms with E-state index < -0.39 is 23.8 Å². The minimum absolute atomic E-state index is 0.0750. The lowest BCUT2D eigenvalue weighted by atomic mass is 9.95. The van der Waals surface area contributed by atoms with Crippen LogP contribution < -0.4 is 10.6 Å². The molecule has 1 aliphatic rings. The maximum absolute atomic E-state index is 14.0. The summed E-state index contributed by atoms with van der Waals surface area (Å²) in [5, 5.41) is 5.76. The molecule has 1 fully saturated rings. The second-order valence-electron chi connectivity index (χ2n) is 10.9. The van der Waals surface area contributed by atoms with E-state index in [0.29, 0.717) is 0 Å². The highest BCUT2D eigenvalue weighted by atomic mass is 16.6. The molecule has 0 aromatic heterocycles. The van der Waals surface area contributed by atoms with Gasteiger partial charge in [-0.25, -0.2) is 4.79 Å². The van der Waals surface area contributed by atoms with E-state index in [-0.39, 0.29) is 17.9 Å². The molecule has 3 rings (SSSR count). The third-order valence-corrected chi connectivity index (χ3v) is 6.28. The standard InChI is InChI=1S/C29H39N3O4/c1-17-12-13-18(2)23(16-17)25(26(33)31-24-19(3)10-9-11-20(24)4)32(22-14-15-22)27(34)21(5)30-28(35)36-29(6,7)8/h9-13,16,21-22,25H,14-15H2,1-8H3,(H,30,35)(H,31,33). The minimum atomic E-state index is -0.860. The number of carbonyl (C=O) groups is 3. The van der Waals surface area contributed by atoms with Gasteiger partial charge in [0.2, 0.25) is 5.91 Å². The van der Waals surface area contributed by atoms with Crippen molar-refractivity contribution < 1.29 is 19.1 Å². The molecule has 7 heteroatoms. The smallest absolute Gasteiger partial charge is 0.408 e. The SMILES string of the molecule is Cc1ccc(C)c(C(C(=O)Nc2c(C)cccc2C)N(C(=O)C(C)NC(=O)OC(C)(C)C)C2CC2)c1. The van der Waals surface area contributed by atoms with Crippen molar-refractivity contribution in [2.75, 3.05) is 5.32 Å². The lowest BCUT2D eigenvalue weighted by molar-refractivity contribution is -0.141. The van der Waals surface area contributed by atoms with Crippen LogP contribution in [0.4, 0.5) is 10.5 Å². The number of para-hydroxylation sites is 1. The monoisotopic (exact) mass is 493 g/mol. The Balaban J connectivity index is 1.99. The maximum Gasteiger partial charge on any atom is 0.408 e. The van der Waals surface area contributed by atoms with Crippen LogP contribution in [0.3, 0.4) is 0 Å². The molecule has 0 saturated heterocycles. The van der Waals surface area contributed by atoms with Crippen molar-refractivity contribution in [1.82, 2.24) is 10.2 Å². The first-order chi connectivity index (χ1) is 16.8. The molecule has 194 valence electrons. The Kier molecular flexibility index (Phi) is 8.12. The zero-order valence-electron chi connectivity index (χ0n) is 22.7. The summed E-state index contributed by atoms with van der Waals surface area (Å²) in [6.45, 7) is 14.8. The third-order valence-electron chi connectivity index (χ3n) is 6.28. The van der Waals surface area contributed by atoms with Crippen LogP contribution in [0.1, 0.15) is 74.4 Å². The summed E-state index contributed by atoms with van der Waals surface area (Å²) in [4.78, 5) is 41.8. The van der Waals surface area contributed by atoms with Gasteiger partial charge in [0.05, 0.1) is 0 Å². The van der Waals surface area contributed by atoms with E-state index in [4.69, 9.17) is 4.74 Å². The second kappa shape index (κ2) is 10.7. The van der Waals surface area contributed by atoms with E-state index in [9.17, 15) is 14.4 Å². The van der Waals surface area contributed by atoms with Gasteiger partial charge in [0.1, 0.15) is 17.7 Å². The number of benzene rings is 2. The number of nitrogens with one attached hydrogen (secondary N) is 2. The Labute approximate surface area is 214 Å². The van der Waals surface area contributed by atoms with Crippen molar-refractivity contribution in [3.63, 3.8) is 0 Å². The van der Waals surface area contributed by atoms with Crippen LogP contribution in [-0.2, 0) is 14.3 Å². The Morgan fingerprint density at radius 3 is 2.14 bits per heavy atom. The van der Waals surface area contributed by atoms with Crippen molar-refractivity contribution in [3.05, 3.63) is 64.2 Å². The van der Waals surface area contributed by atoms with Gasteiger partial charge in [-0.3, -0.25) is 9.59 Å². The number of amides is 3. The van der Waals surface area contributed by atoms with Gasteiger partial charge in [-0.1, -0.05) is 42.0 Å². The quantitative estimate of drug-likeness (QED) is 0.533. The van der Waals surface area contributed by atoms with Gasteiger partial charge < -0.3 is 20.3 Å². The molecular weight excluding hydrogens is 454 g/mol. The molecule has 0 bridgehead atoms. The lowest BCUT2D eigenvalue weighted by Crippen LogP contribution is -2.52. The number of aryl methyl sites for hydroxylation is 4. The summed E-state index contributed by atoms with van der Waals surface area (Å²) in [6.07, 6.45) is 0.952. The van der Waals surface area contributed by atoms with E-state index in [1.807, 2.05) is 64.1 Å². The lowest BCUT2D eigenvalue weighted by Gasteiger charge is -2.35. The average molecular weight is 494 g/mol. The molecule has 2 N–H and O–H groups in total. The fraction of sp³-hybridized carbons (Fsp3) is 0.483. The highest BCUT2D eigenvalue weighted by molar-refractivity contribution is 6.00. The van der Waals surface area contributed by atoms with Gasteiger partial charge in [-0.05, 0) is 90.5 Å². The van der Waals surface area contributed by atoms with Gasteiger partial charge >= 0.3 is 6.09 Å².